The van der Waals surface area contributed by atoms with Crippen molar-refractivity contribution in [3.05, 3.63) is 12.2 Å². The van der Waals surface area contributed by atoms with Crippen LogP contribution >= 0.6 is 0 Å². The molecule has 0 aromatic rings. The molecule has 0 radical (unpaired) electrons. The third-order valence-corrected chi connectivity index (χ3v) is 10.5. The highest BCUT2D eigenvalue weighted by molar-refractivity contribution is 6.78. The monoisotopic (exact) mass is 340 g/mol. The van der Waals surface area contributed by atoms with Gasteiger partial charge in [-0.05, 0) is 24.1 Å². The van der Waals surface area contributed by atoms with E-state index in [9.17, 15) is 4.79 Å². The summed E-state index contributed by atoms with van der Waals surface area (Å²) >= 11 is 0. The lowest BCUT2D eigenvalue weighted by atomic mass is 10.2. The second-order valence-electron chi connectivity index (χ2n) is 8.04. The smallest absolute Gasteiger partial charge is 0.319 e. The number of carbonyl (C=O) groups excluding carboxylic acids is 1. The Bertz CT molecular complexity index is 343. The molecule has 0 saturated heterocycles. The Morgan fingerprint density at radius 3 is 1.65 bits per heavy atom. The van der Waals surface area contributed by atoms with Crippen LogP contribution in [0.5, 0.6) is 0 Å². The van der Waals surface area contributed by atoms with Gasteiger partial charge in [0.25, 0.3) is 8.32 Å². The average Bonchev–Trinajstić information content (AvgIpc) is 2.46. The van der Waals surface area contributed by atoms with Crippen LogP contribution in [-0.4, -0.2) is 14.3 Å². The first-order valence-electron chi connectivity index (χ1n) is 9.59. The lowest BCUT2D eigenvalue weighted by molar-refractivity contribution is -0.131. The van der Waals surface area contributed by atoms with Gasteiger partial charge in [-0.2, -0.15) is 0 Å². The molecule has 0 atom stereocenters. The maximum Gasteiger partial charge on any atom is 0.319 e. The Labute approximate surface area is 146 Å². The van der Waals surface area contributed by atoms with Crippen LogP contribution in [0, 0.1) is 0 Å². The molecule has 0 saturated carbocycles. The Morgan fingerprint density at radius 2 is 1.35 bits per heavy atom. The molecular formula is C20H40O2Si. The van der Waals surface area contributed by atoms with Gasteiger partial charge in [-0.15, -0.1) is 0 Å². The molecule has 0 spiro atoms. The number of hydrogen-bond acceptors (Lipinski definition) is 2. The third kappa shape index (κ3) is 8.19. The zero-order valence-electron chi connectivity index (χ0n) is 16.6. The van der Waals surface area contributed by atoms with E-state index >= 15 is 0 Å². The fourth-order valence-corrected chi connectivity index (χ4v) is 7.50. The van der Waals surface area contributed by atoms with Crippen LogP contribution in [0.1, 0.15) is 92.9 Å². The minimum atomic E-state index is -2.13. The van der Waals surface area contributed by atoms with Crippen molar-refractivity contribution in [2.24, 2.45) is 0 Å². The van der Waals surface area contributed by atoms with Crippen molar-refractivity contribution in [1.82, 2.24) is 0 Å². The van der Waals surface area contributed by atoms with Crippen molar-refractivity contribution in [1.29, 1.82) is 0 Å². The highest BCUT2D eigenvalue weighted by Crippen LogP contribution is 2.45. The van der Waals surface area contributed by atoms with Gasteiger partial charge in [0.15, 0.2) is 0 Å². The van der Waals surface area contributed by atoms with Gasteiger partial charge in [0, 0.05) is 5.57 Å². The molecule has 0 aliphatic rings. The summed E-state index contributed by atoms with van der Waals surface area (Å²) in [6.45, 7) is 16.8. The first kappa shape index (κ1) is 22.4. The Morgan fingerprint density at radius 1 is 0.913 bits per heavy atom. The van der Waals surface area contributed by atoms with Crippen LogP contribution in [0.2, 0.25) is 17.1 Å². The van der Waals surface area contributed by atoms with E-state index in [1.54, 1.807) is 6.92 Å². The number of unbranched alkanes of at least 4 members (excludes halogenated alkanes) is 6. The molecule has 0 aromatic heterocycles. The third-order valence-electron chi connectivity index (χ3n) is 4.87. The minimum Gasteiger partial charge on any atom is -0.515 e. The minimum absolute atomic E-state index is 0.0799. The van der Waals surface area contributed by atoms with E-state index in [2.05, 4.69) is 41.2 Å². The molecule has 0 aliphatic carbocycles. The number of hydrogen-bond donors (Lipinski definition) is 0. The van der Waals surface area contributed by atoms with Gasteiger partial charge < -0.3 is 4.43 Å². The van der Waals surface area contributed by atoms with Crippen LogP contribution in [-0.2, 0) is 9.22 Å². The maximum absolute atomic E-state index is 12.3. The van der Waals surface area contributed by atoms with Crippen molar-refractivity contribution < 1.29 is 9.22 Å². The molecule has 23 heavy (non-hydrogen) atoms. The van der Waals surface area contributed by atoms with Crippen LogP contribution in [0.15, 0.2) is 12.2 Å². The molecule has 0 amide bonds. The summed E-state index contributed by atoms with van der Waals surface area (Å²) in [7, 11) is -2.13. The average molecular weight is 341 g/mol. The Balaban J connectivity index is 5.11. The van der Waals surface area contributed by atoms with E-state index in [1.165, 1.54) is 51.4 Å². The van der Waals surface area contributed by atoms with E-state index in [0.29, 0.717) is 5.57 Å². The van der Waals surface area contributed by atoms with Crippen molar-refractivity contribution in [2.75, 3.05) is 0 Å². The summed E-state index contributed by atoms with van der Waals surface area (Å²) in [5, 5.41) is 0.0799. The Hall–Kier alpha value is -0.573. The van der Waals surface area contributed by atoms with Crippen molar-refractivity contribution in [3.63, 3.8) is 0 Å². The predicted molar refractivity (Wildman–Crippen MR) is 104 cm³/mol. The van der Waals surface area contributed by atoms with E-state index in [1.807, 2.05) is 0 Å². The Kier molecular flexibility index (Phi) is 10.8. The fraction of sp³-hybridized carbons (Fsp3) is 0.850. The van der Waals surface area contributed by atoms with E-state index < -0.39 is 8.32 Å². The second kappa shape index (κ2) is 11.1. The quantitative estimate of drug-likeness (QED) is 0.217. The molecule has 0 N–H and O–H groups in total. The van der Waals surface area contributed by atoms with Gasteiger partial charge in [0.1, 0.15) is 0 Å². The summed E-state index contributed by atoms with van der Waals surface area (Å²) in [6, 6.07) is 2.20. The van der Waals surface area contributed by atoms with Crippen LogP contribution in [0.25, 0.3) is 0 Å². The summed E-state index contributed by atoms with van der Waals surface area (Å²) in [5.41, 5.74) is 0.535. The van der Waals surface area contributed by atoms with Crippen molar-refractivity contribution >= 4 is 14.3 Å². The molecule has 2 nitrogen and oxygen atoms in total. The number of rotatable bonds is 12. The lowest BCUT2D eigenvalue weighted by Gasteiger charge is -2.42. The first-order valence-corrected chi connectivity index (χ1v) is 11.9. The largest absolute Gasteiger partial charge is 0.515 e. The van der Waals surface area contributed by atoms with Gasteiger partial charge in [-0.25, -0.2) is 4.79 Å². The normalized spacial score (nSPS) is 12.3. The molecule has 0 aromatic carbocycles. The summed E-state index contributed by atoms with van der Waals surface area (Å²) < 4.78 is 6.22. The molecular weight excluding hydrogens is 300 g/mol. The molecule has 0 heterocycles. The molecule has 0 aliphatic heterocycles. The van der Waals surface area contributed by atoms with E-state index in [0.717, 1.165) is 12.1 Å². The van der Waals surface area contributed by atoms with Crippen LogP contribution < -0.4 is 0 Å². The van der Waals surface area contributed by atoms with Gasteiger partial charge >= 0.3 is 5.97 Å². The molecule has 3 heteroatoms. The first-order chi connectivity index (χ1) is 10.7. The molecule has 0 bridgehead atoms. The van der Waals surface area contributed by atoms with Gasteiger partial charge in [-0.1, -0.05) is 92.6 Å². The topological polar surface area (TPSA) is 26.3 Å². The van der Waals surface area contributed by atoms with E-state index in [-0.39, 0.29) is 11.0 Å². The van der Waals surface area contributed by atoms with Crippen molar-refractivity contribution in [2.45, 2.75) is 110 Å². The maximum atomic E-state index is 12.3. The molecule has 136 valence electrons. The second-order valence-corrected chi connectivity index (χ2v) is 12.7. The van der Waals surface area contributed by atoms with Crippen LogP contribution in [0.4, 0.5) is 0 Å². The fourth-order valence-electron chi connectivity index (χ4n) is 3.07. The number of carbonyl (C=O) groups is 1. The SMILES string of the molecule is C=C(C)C(=O)O[Si](CCCCCC)(CCCCCC)C(C)(C)C. The van der Waals surface area contributed by atoms with E-state index in [4.69, 9.17) is 4.43 Å². The standard InChI is InChI=1S/C20H40O2Si/c1-8-10-12-14-16-23(20(5,6)7,17-15-13-11-9-2)22-19(21)18(3)4/h3,8-17H2,1-2,4-7H3. The predicted octanol–water partition coefficient (Wildman–Crippen LogP) is 7.01. The molecule has 0 unspecified atom stereocenters. The summed E-state index contributed by atoms with van der Waals surface area (Å²) in [4.78, 5) is 12.3. The van der Waals surface area contributed by atoms with Crippen LogP contribution in [0.3, 0.4) is 0 Å². The zero-order valence-corrected chi connectivity index (χ0v) is 17.6. The molecule has 0 rings (SSSR count). The van der Waals surface area contributed by atoms with Crippen molar-refractivity contribution in [3.8, 4) is 0 Å². The highest BCUT2D eigenvalue weighted by Gasteiger charge is 2.48. The van der Waals surface area contributed by atoms with Gasteiger partial charge in [0.05, 0.1) is 0 Å². The highest BCUT2D eigenvalue weighted by atomic mass is 28.4. The zero-order chi connectivity index (χ0) is 17.9. The summed E-state index contributed by atoms with van der Waals surface area (Å²) in [5.74, 6) is -0.169. The summed E-state index contributed by atoms with van der Waals surface area (Å²) in [6.07, 6.45) is 9.92. The van der Waals surface area contributed by atoms with Gasteiger partial charge in [-0.3, -0.25) is 0 Å². The molecule has 0 fully saturated rings. The lowest BCUT2D eigenvalue weighted by Crippen LogP contribution is -2.48. The van der Waals surface area contributed by atoms with Gasteiger partial charge in [0.2, 0.25) is 0 Å².